The van der Waals surface area contributed by atoms with Crippen molar-refractivity contribution in [1.82, 2.24) is 4.90 Å². The van der Waals surface area contributed by atoms with Gasteiger partial charge in [-0.05, 0) is 41.1 Å². The first-order chi connectivity index (χ1) is 8.66. The van der Waals surface area contributed by atoms with Gasteiger partial charge in [-0.25, -0.2) is 0 Å². The van der Waals surface area contributed by atoms with E-state index in [1.165, 1.54) is 0 Å². The fourth-order valence-electron chi connectivity index (χ4n) is 1.93. The number of morpholine rings is 1. The topological polar surface area (TPSA) is 21.7 Å². The highest BCUT2D eigenvalue weighted by Crippen LogP contribution is 2.28. The molecule has 5 heteroatoms. The molecule has 18 heavy (non-hydrogen) atoms. The first-order valence-electron chi connectivity index (χ1n) is 6.06. The Balaban J connectivity index is 1.86. The zero-order valence-corrected chi connectivity index (χ0v) is 13.5. The van der Waals surface area contributed by atoms with Crippen LogP contribution in [-0.4, -0.2) is 43.9 Å². The number of nitrogens with zero attached hydrogens (tertiary/aromatic N) is 1. The molecular formula is C13H17Br2NO2. The molecule has 0 saturated carbocycles. The Morgan fingerprint density at radius 2 is 2.06 bits per heavy atom. The smallest absolute Gasteiger partial charge is 0.133 e. The van der Waals surface area contributed by atoms with E-state index < -0.39 is 0 Å². The van der Waals surface area contributed by atoms with Gasteiger partial charge in [0.2, 0.25) is 0 Å². The fraction of sp³-hybridized carbons (Fsp3) is 0.538. The van der Waals surface area contributed by atoms with Crippen molar-refractivity contribution in [3.63, 3.8) is 0 Å². The minimum Gasteiger partial charge on any atom is -0.491 e. The number of hydrogen-bond donors (Lipinski definition) is 0. The summed E-state index contributed by atoms with van der Waals surface area (Å²) >= 11 is 6.94. The lowest BCUT2D eigenvalue weighted by Gasteiger charge is -2.32. The molecule has 0 aliphatic carbocycles. The van der Waals surface area contributed by atoms with Gasteiger partial charge in [0.25, 0.3) is 0 Å². The van der Waals surface area contributed by atoms with E-state index in [4.69, 9.17) is 9.47 Å². The van der Waals surface area contributed by atoms with Gasteiger partial charge in [0.15, 0.2) is 0 Å². The molecule has 1 fully saturated rings. The van der Waals surface area contributed by atoms with Crippen LogP contribution in [0.4, 0.5) is 0 Å². The third kappa shape index (κ3) is 3.95. The van der Waals surface area contributed by atoms with Crippen LogP contribution >= 0.6 is 31.9 Å². The van der Waals surface area contributed by atoms with Crippen LogP contribution in [0.15, 0.2) is 27.1 Å². The first kappa shape index (κ1) is 14.3. The third-order valence-electron chi connectivity index (χ3n) is 3.04. The molecule has 0 spiro atoms. The van der Waals surface area contributed by atoms with Crippen LogP contribution in [0.1, 0.15) is 6.92 Å². The molecule has 1 unspecified atom stereocenters. The molecule has 1 heterocycles. The quantitative estimate of drug-likeness (QED) is 0.802. The molecule has 1 aliphatic rings. The van der Waals surface area contributed by atoms with Crippen LogP contribution in [0.25, 0.3) is 0 Å². The maximum Gasteiger partial charge on any atom is 0.133 e. The summed E-state index contributed by atoms with van der Waals surface area (Å²) in [6.07, 6.45) is 0. The molecule has 2 rings (SSSR count). The van der Waals surface area contributed by atoms with E-state index in [1.807, 2.05) is 18.2 Å². The second kappa shape index (κ2) is 6.89. The Labute approximate surface area is 125 Å². The zero-order valence-electron chi connectivity index (χ0n) is 10.4. The Morgan fingerprint density at radius 3 is 2.72 bits per heavy atom. The summed E-state index contributed by atoms with van der Waals surface area (Å²) in [5.41, 5.74) is 0. The van der Waals surface area contributed by atoms with E-state index in [0.717, 1.165) is 41.0 Å². The van der Waals surface area contributed by atoms with E-state index >= 15 is 0 Å². The molecule has 0 radical (unpaired) electrons. The highest BCUT2D eigenvalue weighted by atomic mass is 79.9. The van der Waals surface area contributed by atoms with Gasteiger partial charge in [-0.1, -0.05) is 15.9 Å². The lowest BCUT2D eigenvalue weighted by atomic mass is 10.2. The molecule has 3 nitrogen and oxygen atoms in total. The van der Waals surface area contributed by atoms with Crippen LogP contribution in [0.5, 0.6) is 5.75 Å². The van der Waals surface area contributed by atoms with E-state index in [2.05, 4.69) is 43.7 Å². The van der Waals surface area contributed by atoms with Crippen molar-refractivity contribution in [2.45, 2.75) is 13.0 Å². The second-order valence-corrected chi connectivity index (χ2v) is 6.15. The Hall–Kier alpha value is -0.100. The predicted molar refractivity (Wildman–Crippen MR) is 79.2 cm³/mol. The van der Waals surface area contributed by atoms with Gasteiger partial charge in [-0.2, -0.15) is 0 Å². The van der Waals surface area contributed by atoms with Gasteiger partial charge in [0.05, 0.1) is 17.7 Å². The van der Waals surface area contributed by atoms with Crippen LogP contribution in [-0.2, 0) is 4.74 Å². The summed E-state index contributed by atoms with van der Waals surface area (Å²) in [6, 6.07) is 6.36. The lowest BCUT2D eigenvalue weighted by molar-refractivity contribution is 0.0105. The Morgan fingerprint density at radius 1 is 1.33 bits per heavy atom. The minimum absolute atomic E-state index is 0.407. The van der Waals surface area contributed by atoms with E-state index in [0.29, 0.717) is 12.6 Å². The molecule has 0 bridgehead atoms. The highest BCUT2D eigenvalue weighted by Gasteiger charge is 2.17. The van der Waals surface area contributed by atoms with Crippen LogP contribution in [0.2, 0.25) is 0 Å². The van der Waals surface area contributed by atoms with Crippen molar-refractivity contribution in [3.05, 3.63) is 27.1 Å². The first-order valence-corrected chi connectivity index (χ1v) is 7.65. The molecule has 1 atom stereocenters. The molecule has 0 amide bonds. The monoisotopic (exact) mass is 377 g/mol. The molecule has 100 valence electrons. The molecule has 1 aliphatic heterocycles. The van der Waals surface area contributed by atoms with Crippen molar-refractivity contribution in [3.8, 4) is 5.75 Å². The Bertz CT molecular complexity index is 395. The number of ether oxygens (including phenoxy) is 2. The fourth-order valence-corrected chi connectivity index (χ4v) is 3.09. The summed E-state index contributed by atoms with van der Waals surface area (Å²) in [4.78, 5) is 2.40. The maximum absolute atomic E-state index is 5.86. The summed E-state index contributed by atoms with van der Waals surface area (Å²) < 4.78 is 13.2. The van der Waals surface area contributed by atoms with Gasteiger partial charge in [0.1, 0.15) is 12.4 Å². The average Bonchev–Trinajstić information content (AvgIpc) is 2.38. The van der Waals surface area contributed by atoms with E-state index in [9.17, 15) is 0 Å². The lowest BCUT2D eigenvalue weighted by Crippen LogP contribution is -2.44. The van der Waals surface area contributed by atoms with Crippen LogP contribution in [0.3, 0.4) is 0 Å². The average molecular weight is 379 g/mol. The normalized spacial score (nSPS) is 18.6. The van der Waals surface area contributed by atoms with Crippen molar-refractivity contribution >= 4 is 31.9 Å². The van der Waals surface area contributed by atoms with Crippen LogP contribution < -0.4 is 4.74 Å². The van der Waals surface area contributed by atoms with Crippen LogP contribution in [0, 0.1) is 0 Å². The zero-order chi connectivity index (χ0) is 13.0. The second-order valence-electron chi connectivity index (χ2n) is 4.38. The highest BCUT2D eigenvalue weighted by molar-refractivity contribution is 9.11. The van der Waals surface area contributed by atoms with E-state index in [-0.39, 0.29) is 0 Å². The van der Waals surface area contributed by atoms with Gasteiger partial charge in [0, 0.05) is 23.6 Å². The Kier molecular flexibility index (Phi) is 5.48. The maximum atomic E-state index is 5.86. The summed E-state index contributed by atoms with van der Waals surface area (Å²) in [5.74, 6) is 0.887. The van der Waals surface area contributed by atoms with Crippen molar-refractivity contribution < 1.29 is 9.47 Å². The molecule has 1 saturated heterocycles. The van der Waals surface area contributed by atoms with Crippen molar-refractivity contribution in [1.29, 1.82) is 0 Å². The summed E-state index contributed by atoms with van der Waals surface area (Å²) in [7, 11) is 0. The minimum atomic E-state index is 0.407. The number of hydrogen-bond acceptors (Lipinski definition) is 3. The third-order valence-corrected chi connectivity index (χ3v) is 4.16. The number of benzene rings is 1. The number of halogens is 2. The SMILES string of the molecule is CC(COc1ccc(Br)cc1Br)N1CCOCC1. The molecule has 1 aromatic carbocycles. The largest absolute Gasteiger partial charge is 0.491 e. The molecule has 0 aromatic heterocycles. The van der Waals surface area contributed by atoms with Gasteiger partial charge in [-0.3, -0.25) is 4.90 Å². The summed E-state index contributed by atoms with van der Waals surface area (Å²) in [5, 5.41) is 0. The van der Waals surface area contributed by atoms with Gasteiger partial charge < -0.3 is 9.47 Å². The van der Waals surface area contributed by atoms with Gasteiger partial charge in [-0.15, -0.1) is 0 Å². The molecule has 0 N–H and O–H groups in total. The summed E-state index contributed by atoms with van der Waals surface area (Å²) in [6.45, 7) is 6.52. The van der Waals surface area contributed by atoms with Gasteiger partial charge >= 0.3 is 0 Å². The standard InChI is InChI=1S/C13H17Br2NO2/c1-10(16-4-6-17-7-5-16)9-18-13-3-2-11(14)8-12(13)15/h2-3,8,10H,4-7,9H2,1H3. The number of rotatable bonds is 4. The predicted octanol–water partition coefficient (Wildman–Crippen LogP) is 3.31. The van der Waals surface area contributed by atoms with Crippen molar-refractivity contribution in [2.24, 2.45) is 0 Å². The van der Waals surface area contributed by atoms with E-state index in [1.54, 1.807) is 0 Å². The molecular weight excluding hydrogens is 362 g/mol. The van der Waals surface area contributed by atoms with Crippen molar-refractivity contribution in [2.75, 3.05) is 32.9 Å². The molecule has 1 aromatic rings.